The molecule has 7 heteroatoms. The third-order valence-corrected chi connectivity index (χ3v) is 4.04. The lowest BCUT2D eigenvalue weighted by Gasteiger charge is -2.33. The Hall–Kier alpha value is -2.28. The standard InChI is InChI=1S/C16H20N4O3/c1-11-15(12(2)23-19-11)16(21)20-7-8-22-14(9-20)4-3-13-5-6-17-10-18-13/h5-6,10,14H,3-4,7-9H2,1-2H3. The average molecular weight is 316 g/mol. The topological polar surface area (TPSA) is 81.4 Å². The Labute approximate surface area is 134 Å². The van der Waals surface area contributed by atoms with E-state index < -0.39 is 0 Å². The summed E-state index contributed by atoms with van der Waals surface area (Å²) in [5, 5.41) is 3.86. The van der Waals surface area contributed by atoms with Gasteiger partial charge in [-0.15, -0.1) is 0 Å². The van der Waals surface area contributed by atoms with Gasteiger partial charge >= 0.3 is 0 Å². The number of aryl methyl sites for hydroxylation is 3. The first-order valence-corrected chi connectivity index (χ1v) is 7.74. The molecule has 0 N–H and O–H groups in total. The van der Waals surface area contributed by atoms with Gasteiger partial charge in [0.15, 0.2) is 0 Å². The van der Waals surface area contributed by atoms with Crippen molar-refractivity contribution in [3.8, 4) is 0 Å². The van der Waals surface area contributed by atoms with Crippen LogP contribution in [0.15, 0.2) is 23.1 Å². The van der Waals surface area contributed by atoms with Crippen LogP contribution in [0.1, 0.15) is 33.9 Å². The average Bonchev–Trinajstić information content (AvgIpc) is 2.92. The summed E-state index contributed by atoms with van der Waals surface area (Å²) in [5.74, 6) is 0.535. The van der Waals surface area contributed by atoms with Crippen LogP contribution in [-0.4, -0.2) is 51.7 Å². The second-order valence-electron chi connectivity index (χ2n) is 5.68. The van der Waals surface area contributed by atoms with Crippen molar-refractivity contribution in [2.24, 2.45) is 0 Å². The number of morpholine rings is 1. The van der Waals surface area contributed by atoms with E-state index in [0.29, 0.717) is 36.7 Å². The highest BCUT2D eigenvalue weighted by Crippen LogP contribution is 2.18. The van der Waals surface area contributed by atoms with Crippen molar-refractivity contribution < 1.29 is 14.1 Å². The summed E-state index contributed by atoms with van der Waals surface area (Å²) in [5.41, 5.74) is 2.19. The molecule has 3 heterocycles. The predicted octanol–water partition coefficient (Wildman–Crippen LogP) is 1.56. The molecule has 1 unspecified atom stereocenters. The molecule has 0 bridgehead atoms. The van der Waals surface area contributed by atoms with E-state index in [1.54, 1.807) is 26.4 Å². The molecule has 122 valence electrons. The van der Waals surface area contributed by atoms with Crippen LogP contribution in [0.2, 0.25) is 0 Å². The lowest BCUT2D eigenvalue weighted by molar-refractivity contribution is -0.0247. The van der Waals surface area contributed by atoms with E-state index >= 15 is 0 Å². The minimum Gasteiger partial charge on any atom is -0.375 e. The third kappa shape index (κ3) is 3.56. The molecule has 23 heavy (non-hydrogen) atoms. The van der Waals surface area contributed by atoms with Crippen molar-refractivity contribution in [2.75, 3.05) is 19.7 Å². The van der Waals surface area contributed by atoms with Gasteiger partial charge in [0.25, 0.3) is 5.91 Å². The first-order valence-electron chi connectivity index (χ1n) is 7.74. The molecule has 0 spiro atoms. The predicted molar refractivity (Wildman–Crippen MR) is 82.0 cm³/mol. The quantitative estimate of drug-likeness (QED) is 0.851. The Bertz CT molecular complexity index is 652. The van der Waals surface area contributed by atoms with Crippen LogP contribution in [0.5, 0.6) is 0 Å². The van der Waals surface area contributed by atoms with E-state index in [1.807, 2.05) is 11.0 Å². The maximum absolute atomic E-state index is 12.7. The highest BCUT2D eigenvalue weighted by atomic mass is 16.5. The summed E-state index contributed by atoms with van der Waals surface area (Å²) in [6.45, 7) is 5.27. The highest BCUT2D eigenvalue weighted by Gasteiger charge is 2.28. The number of rotatable bonds is 4. The Balaban J connectivity index is 1.61. The zero-order chi connectivity index (χ0) is 16.2. The van der Waals surface area contributed by atoms with Crippen LogP contribution in [-0.2, 0) is 11.2 Å². The summed E-state index contributed by atoms with van der Waals surface area (Å²) in [7, 11) is 0. The number of nitrogens with zero attached hydrogens (tertiary/aromatic N) is 4. The number of amides is 1. The molecule has 1 aliphatic heterocycles. The van der Waals surface area contributed by atoms with Gasteiger partial charge < -0.3 is 14.2 Å². The number of aromatic nitrogens is 3. The Morgan fingerprint density at radius 3 is 3.00 bits per heavy atom. The maximum Gasteiger partial charge on any atom is 0.259 e. The largest absolute Gasteiger partial charge is 0.375 e. The number of carbonyl (C=O) groups excluding carboxylic acids is 1. The van der Waals surface area contributed by atoms with Gasteiger partial charge in [-0.1, -0.05) is 5.16 Å². The molecular formula is C16H20N4O3. The van der Waals surface area contributed by atoms with E-state index in [-0.39, 0.29) is 12.0 Å². The van der Waals surface area contributed by atoms with Crippen molar-refractivity contribution in [1.82, 2.24) is 20.0 Å². The Morgan fingerprint density at radius 2 is 2.30 bits per heavy atom. The Kier molecular flexibility index (Phi) is 4.66. The number of carbonyl (C=O) groups is 1. The van der Waals surface area contributed by atoms with Gasteiger partial charge in [0.05, 0.1) is 18.4 Å². The molecule has 0 saturated carbocycles. The fourth-order valence-electron chi connectivity index (χ4n) is 2.80. The minimum atomic E-state index is -0.0309. The van der Waals surface area contributed by atoms with Gasteiger partial charge in [-0.05, 0) is 32.8 Å². The van der Waals surface area contributed by atoms with Gasteiger partial charge in [0, 0.05) is 25.0 Å². The zero-order valence-electron chi connectivity index (χ0n) is 13.4. The molecule has 3 rings (SSSR count). The van der Waals surface area contributed by atoms with Crippen molar-refractivity contribution in [1.29, 1.82) is 0 Å². The summed E-state index contributed by atoms with van der Waals surface area (Å²) in [6.07, 6.45) is 4.92. The van der Waals surface area contributed by atoms with E-state index in [1.165, 1.54) is 0 Å². The monoisotopic (exact) mass is 316 g/mol. The summed E-state index contributed by atoms with van der Waals surface area (Å²) in [4.78, 5) is 22.6. The van der Waals surface area contributed by atoms with Crippen LogP contribution < -0.4 is 0 Å². The van der Waals surface area contributed by atoms with E-state index in [2.05, 4.69) is 15.1 Å². The van der Waals surface area contributed by atoms with Crippen molar-refractivity contribution in [2.45, 2.75) is 32.8 Å². The molecule has 2 aromatic rings. The second-order valence-corrected chi connectivity index (χ2v) is 5.68. The zero-order valence-corrected chi connectivity index (χ0v) is 13.4. The molecule has 1 amide bonds. The molecule has 1 fully saturated rings. The maximum atomic E-state index is 12.7. The first kappa shape index (κ1) is 15.6. The van der Waals surface area contributed by atoms with Crippen LogP contribution in [0.25, 0.3) is 0 Å². The summed E-state index contributed by atoms with van der Waals surface area (Å²) < 4.78 is 10.9. The summed E-state index contributed by atoms with van der Waals surface area (Å²) >= 11 is 0. The van der Waals surface area contributed by atoms with Gasteiger partial charge in [-0.3, -0.25) is 4.79 Å². The normalized spacial score (nSPS) is 18.2. The highest BCUT2D eigenvalue weighted by molar-refractivity contribution is 5.96. The molecule has 0 aliphatic carbocycles. The minimum absolute atomic E-state index is 0.0168. The van der Waals surface area contributed by atoms with Gasteiger partial charge in [-0.2, -0.15) is 0 Å². The van der Waals surface area contributed by atoms with Crippen molar-refractivity contribution in [3.05, 3.63) is 41.3 Å². The lowest BCUT2D eigenvalue weighted by Crippen LogP contribution is -2.46. The fourth-order valence-corrected chi connectivity index (χ4v) is 2.80. The lowest BCUT2D eigenvalue weighted by atomic mass is 10.1. The van der Waals surface area contributed by atoms with Crippen LogP contribution in [0, 0.1) is 13.8 Å². The van der Waals surface area contributed by atoms with E-state index in [4.69, 9.17) is 9.26 Å². The van der Waals surface area contributed by atoms with Crippen LogP contribution in [0.4, 0.5) is 0 Å². The van der Waals surface area contributed by atoms with Crippen LogP contribution >= 0.6 is 0 Å². The molecule has 1 aliphatic rings. The van der Waals surface area contributed by atoms with Crippen molar-refractivity contribution in [3.63, 3.8) is 0 Å². The Morgan fingerprint density at radius 1 is 1.43 bits per heavy atom. The molecule has 7 nitrogen and oxygen atoms in total. The van der Waals surface area contributed by atoms with Crippen molar-refractivity contribution >= 4 is 5.91 Å². The van der Waals surface area contributed by atoms with Gasteiger partial charge in [-0.25, -0.2) is 9.97 Å². The molecule has 1 saturated heterocycles. The molecule has 0 aromatic carbocycles. The number of ether oxygens (including phenoxy) is 1. The second kappa shape index (κ2) is 6.87. The smallest absolute Gasteiger partial charge is 0.259 e. The number of hydrogen-bond acceptors (Lipinski definition) is 6. The first-order chi connectivity index (χ1) is 11.1. The fraction of sp³-hybridized carbons (Fsp3) is 0.500. The van der Waals surface area contributed by atoms with Gasteiger partial charge in [0.1, 0.15) is 17.7 Å². The third-order valence-electron chi connectivity index (χ3n) is 4.04. The molecule has 0 radical (unpaired) electrons. The van der Waals surface area contributed by atoms with Gasteiger partial charge in [0.2, 0.25) is 0 Å². The summed E-state index contributed by atoms with van der Waals surface area (Å²) in [6, 6.07) is 1.90. The van der Waals surface area contributed by atoms with Crippen LogP contribution in [0.3, 0.4) is 0 Å². The molecular weight excluding hydrogens is 296 g/mol. The van der Waals surface area contributed by atoms with E-state index in [9.17, 15) is 4.79 Å². The number of hydrogen-bond donors (Lipinski definition) is 0. The SMILES string of the molecule is Cc1noc(C)c1C(=O)N1CCOC(CCc2ccncn2)C1. The van der Waals surface area contributed by atoms with E-state index in [0.717, 1.165) is 18.5 Å². The molecule has 1 atom stereocenters. The molecule has 2 aromatic heterocycles.